The highest BCUT2D eigenvalue weighted by Gasteiger charge is 2.35. The number of alkyl halides is 1. The number of pyridine rings is 1. The van der Waals surface area contributed by atoms with Gasteiger partial charge in [0.05, 0.1) is 0 Å². The fourth-order valence-corrected chi connectivity index (χ4v) is 3.35. The molecular weight excluding hydrogens is 252 g/mol. The van der Waals surface area contributed by atoms with E-state index in [-0.39, 0.29) is 23.3 Å². The van der Waals surface area contributed by atoms with Crippen LogP contribution in [0.3, 0.4) is 0 Å². The number of amides is 1. The van der Waals surface area contributed by atoms with Crippen LogP contribution in [-0.2, 0) is 11.3 Å². The number of halogens is 1. The fraction of sp³-hybridized carbons (Fsp3) is 0.538. The van der Waals surface area contributed by atoms with Crippen LogP contribution in [0.25, 0.3) is 0 Å². The van der Waals surface area contributed by atoms with E-state index in [4.69, 9.17) is 11.6 Å². The molecule has 18 heavy (non-hydrogen) atoms. The Bertz CT molecular complexity index is 540. The molecule has 2 atom stereocenters. The van der Waals surface area contributed by atoms with E-state index in [0.29, 0.717) is 12.5 Å². The van der Waals surface area contributed by atoms with Crippen molar-refractivity contribution in [3.8, 4) is 0 Å². The van der Waals surface area contributed by atoms with Gasteiger partial charge in [-0.2, -0.15) is 0 Å². The molecule has 1 fully saturated rings. The van der Waals surface area contributed by atoms with Crippen LogP contribution in [0.5, 0.6) is 0 Å². The largest absolute Gasteiger partial charge is 0.341 e. The minimum absolute atomic E-state index is 0.00176. The van der Waals surface area contributed by atoms with Crippen molar-refractivity contribution in [2.45, 2.75) is 18.9 Å². The van der Waals surface area contributed by atoms with Gasteiger partial charge >= 0.3 is 0 Å². The number of nitrogens with zero attached hydrogens (tertiary/aromatic N) is 2. The maximum atomic E-state index is 11.8. The predicted octanol–water partition coefficient (Wildman–Crippen LogP) is 1.03. The summed E-state index contributed by atoms with van der Waals surface area (Å²) in [6.07, 6.45) is 1.06. The van der Waals surface area contributed by atoms with Gasteiger partial charge in [-0.3, -0.25) is 9.59 Å². The molecule has 1 aromatic heterocycles. The van der Waals surface area contributed by atoms with Crippen molar-refractivity contribution in [2.75, 3.05) is 19.0 Å². The summed E-state index contributed by atoms with van der Waals surface area (Å²) in [6, 6.07) is 5.40. The topological polar surface area (TPSA) is 42.3 Å². The van der Waals surface area contributed by atoms with Crippen molar-refractivity contribution < 1.29 is 4.79 Å². The van der Waals surface area contributed by atoms with Crippen LogP contribution < -0.4 is 5.56 Å². The highest BCUT2D eigenvalue weighted by atomic mass is 35.5. The second-order valence-electron chi connectivity index (χ2n) is 5.13. The smallest absolute Gasteiger partial charge is 0.250 e. The zero-order valence-electron chi connectivity index (χ0n) is 10.0. The second kappa shape index (κ2) is 4.43. The van der Waals surface area contributed by atoms with Gasteiger partial charge in [0.25, 0.3) is 5.56 Å². The van der Waals surface area contributed by atoms with Crippen molar-refractivity contribution in [2.24, 2.45) is 5.92 Å². The molecule has 2 bridgehead atoms. The summed E-state index contributed by atoms with van der Waals surface area (Å²) in [5.74, 6) is 0.696. The Kier molecular flexibility index (Phi) is 2.90. The van der Waals surface area contributed by atoms with Gasteiger partial charge in [-0.05, 0) is 18.4 Å². The third kappa shape index (κ3) is 1.85. The lowest BCUT2D eigenvalue weighted by Gasteiger charge is -2.42. The molecule has 3 rings (SSSR count). The Balaban J connectivity index is 1.95. The summed E-state index contributed by atoms with van der Waals surface area (Å²) in [7, 11) is 0. The standard InChI is InChI=1S/C13H15ClN2O2/c14-5-13(18)15-6-9-4-10(8-15)11-2-1-3-12(17)16(11)7-9/h1-3,9-10H,4-8H2/t9-,10+/m0/s1. The molecule has 0 spiro atoms. The molecule has 1 amide bonds. The van der Waals surface area contributed by atoms with Crippen LogP contribution in [0.1, 0.15) is 18.0 Å². The fourth-order valence-electron chi connectivity index (χ4n) is 3.18. The van der Waals surface area contributed by atoms with Gasteiger partial charge in [-0.15, -0.1) is 11.6 Å². The first-order valence-electron chi connectivity index (χ1n) is 6.22. The Morgan fingerprint density at radius 3 is 2.94 bits per heavy atom. The van der Waals surface area contributed by atoms with Gasteiger partial charge in [0.15, 0.2) is 0 Å². The molecule has 0 aromatic carbocycles. The van der Waals surface area contributed by atoms with Crippen molar-refractivity contribution in [1.82, 2.24) is 9.47 Å². The Morgan fingerprint density at radius 1 is 1.33 bits per heavy atom. The summed E-state index contributed by atoms with van der Waals surface area (Å²) in [5, 5.41) is 0. The number of piperidine rings is 1. The van der Waals surface area contributed by atoms with Crippen LogP contribution in [0.2, 0.25) is 0 Å². The van der Waals surface area contributed by atoms with Crippen molar-refractivity contribution in [3.05, 3.63) is 34.2 Å². The molecule has 0 unspecified atom stereocenters. The lowest BCUT2D eigenvalue weighted by Crippen LogP contribution is -2.49. The number of carbonyl (C=O) groups is 1. The lowest BCUT2D eigenvalue weighted by molar-refractivity contribution is -0.131. The van der Waals surface area contributed by atoms with Gasteiger partial charge in [0, 0.05) is 37.3 Å². The molecule has 0 aliphatic carbocycles. The highest BCUT2D eigenvalue weighted by Crippen LogP contribution is 2.34. The van der Waals surface area contributed by atoms with E-state index in [1.165, 1.54) is 0 Å². The van der Waals surface area contributed by atoms with Gasteiger partial charge in [0.1, 0.15) is 5.88 Å². The normalized spacial score (nSPS) is 25.7. The predicted molar refractivity (Wildman–Crippen MR) is 68.9 cm³/mol. The van der Waals surface area contributed by atoms with Gasteiger partial charge in [-0.25, -0.2) is 0 Å². The third-order valence-electron chi connectivity index (χ3n) is 3.95. The first kappa shape index (κ1) is 11.8. The number of aromatic nitrogens is 1. The van der Waals surface area contributed by atoms with Gasteiger partial charge in [0.2, 0.25) is 5.91 Å². The van der Waals surface area contributed by atoms with E-state index < -0.39 is 0 Å². The van der Waals surface area contributed by atoms with Crippen molar-refractivity contribution >= 4 is 17.5 Å². The van der Waals surface area contributed by atoms with E-state index in [2.05, 4.69) is 0 Å². The average molecular weight is 267 g/mol. The van der Waals surface area contributed by atoms with Gasteiger partial charge < -0.3 is 9.47 Å². The summed E-state index contributed by atoms with van der Waals surface area (Å²) in [4.78, 5) is 25.4. The number of carbonyl (C=O) groups excluding carboxylic acids is 1. The number of hydrogen-bond acceptors (Lipinski definition) is 2. The molecule has 0 radical (unpaired) electrons. The Hall–Kier alpha value is -1.29. The summed E-state index contributed by atoms with van der Waals surface area (Å²) < 4.78 is 1.86. The maximum absolute atomic E-state index is 11.8. The molecule has 3 heterocycles. The van der Waals surface area contributed by atoms with Gasteiger partial charge in [-0.1, -0.05) is 6.07 Å². The average Bonchev–Trinajstić information content (AvgIpc) is 2.39. The highest BCUT2D eigenvalue weighted by molar-refractivity contribution is 6.27. The van der Waals surface area contributed by atoms with Crippen LogP contribution in [0.4, 0.5) is 0 Å². The first-order chi connectivity index (χ1) is 8.69. The second-order valence-corrected chi connectivity index (χ2v) is 5.40. The summed E-state index contributed by atoms with van der Waals surface area (Å²) in [5.41, 5.74) is 1.13. The number of hydrogen-bond donors (Lipinski definition) is 0. The Morgan fingerprint density at radius 2 is 2.17 bits per heavy atom. The molecule has 5 heteroatoms. The quantitative estimate of drug-likeness (QED) is 0.713. The SMILES string of the molecule is O=C(CCl)N1C[C@@H]2C[C@H](C1)c1cccc(=O)n1C2. The van der Waals surface area contributed by atoms with Crippen LogP contribution in [0, 0.1) is 5.92 Å². The maximum Gasteiger partial charge on any atom is 0.250 e. The van der Waals surface area contributed by atoms with E-state index in [1.54, 1.807) is 12.1 Å². The molecule has 1 aromatic rings. The van der Waals surface area contributed by atoms with Crippen LogP contribution in [0.15, 0.2) is 23.0 Å². The molecule has 0 N–H and O–H groups in total. The van der Waals surface area contributed by atoms with E-state index in [1.807, 2.05) is 15.5 Å². The molecular formula is C13H15ClN2O2. The monoisotopic (exact) mass is 266 g/mol. The van der Waals surface area contributed by atoms with E-state index in [9.17, 15) is 9.59 Å². The van der Waals surface area contributed by atoms with Crippen molar-refractivity contribution in [3.63, 3.8) is 0 Å². The molecule has 96 valence electrons. The van der Waals surface area contributed by atoms with E-state index >= 15 is 0 Å². The summed E-state index contributed by atoms with van der Waals surface area (Å²) in [6.45, 7) is 2.13. The minimum atomic E-state index is -0.00176. The summed E-state index contributed by atoms with van der Waals surface area (Å²) >= 11 is 5.62. The third-order valence-corrected chi connectivity index (χ3v) is 4.18. The zero-order chi connectivity index (χ0) is 12.7. The molecule has 2 aliphatic heterocycles. The van der Waals surface area contributed by atoms with E-state index in [0.717, 1.165) is 25.2 Å². The molecule has 4 nitrogen and oxygen atoms in total. The zero-order valence-corrected chi connectivity index (χ0v) is 10.8. The first-order valence-corrected chi connectivity index (χ1v) is 6.76. The van der Waals surface area contributed by atoms with Crippen LogP contribution in [-0.4, -0.2) is 34.3 Å². The Labute approximate surface area is 110 Å². The number of rotatable bonds is 1. The van der Waals surface area contributed by atoms with Crippen LogP contribution >= 0.6 is 11.6 Å². The minimum Gasteiger partial charge on any atom is -0.341 e. The molecule has 2 aliphatic rings. The molecule has 0 saturated carbocycles. The molecule has 1 saturated heterocycles. The number of fused-ring (bicyclic) bond motifs is 4. The lowest BCUT2D eigenvalue weighted by atomic mass is 9.83. The number of likely N-dealkylation sites (tertiary alicyclic amines) is 1. The van der Waals surface area contributed by atoms with Crippen molar-refractivity contribution in [1.29, 1.82) is 0 Å².